The van der Waals surface area contributed by atoms with Crippen molar-refractivity contribution in [2.45, 2.75) is 0 Å². The fourth-order valence-corrected chi connectivity index (χ4v) is 2.82. The van der Waals surface area contributed by atoms with Crippen LogP contribution in [0.2, 0.25) is 0 Å². The quantitative estimate of drug-likeness (QED) is 0.325. The molecule has 14 heteroatoms. The second-order valence-corrected chi connectivity index (χ2v) is 5.82. The molecule has 0 heterocycles. The van der Waals surface area contributed by atoms with Crippen molar-refractivity contribution in [2.24, 2.45) is 0 Å². The van der Waals surface area contributed by atoms with E-state index in [4.69, 9.17) is 24.5 Å². The molecule has 0 aromatic carbocycles. The van der Waals surface area contributed by atoms with Gasteiger partial charge in [-0.05, 0) is 0 Å². The maximum atomic E-state index is 10.4. The van der Waals surface area contributed by atoms with Gasteiger partial charge < -0.3 is 24.5 Å². The summed E-state index contributed by atoms with van der Waals surface area (Å²) in [6, 6.07) is 0. The third-order valence-electron chi connectivity index (χ3n) is 0.419. The average Bonchev–Trinajstić information content (AvgIpc) is 1.43. The van der Waals surface area contributed by atoms with Crippen molar-refractivity contribution < 1.29 is 46.8 Å². The molecule has 0 atom stereocenters. The van der Waals surface area contributed by atoms with Crippen molar-refractivity contribution >= 4 is 47.4 Å². The molecule has 0 saturated carbocycles. The van der Waals surface area contributed by atoms with E-state index < -0.39 is 23.5 Å². The summed E-state index contributed by atoms with van der Waals surface area (Å²) in [6.07, 6.45) is 0. The number of halogens is 1. The monoisotopic (exact) mass is 386 g/mol. The lowest BCUT2D eigenvalue weighted by Crippen LogP contribution is -1.91. The van der Waals surface area contributed by atoms with Crippen molar-refractivity contribution in [1.82, 2.24) is 0 Å². The number of rotatable bonds is 4. The minimum atomic E-state index is -5.46. The Labute approximate surface area is 94.4 Å². The van der Waals surface area contributed by atoms with Crippen LogP contribution >= 0.6 is 47.4 Å². The Bertz CT molecular complexity index is 277. The standard InChI is InChI=1S/HI.H5O10P3/c;1-11(2,3)9-13(7,8)10-12(4,5)6/h1H;(H,7,8)(H2,1,2,3)(H2,4,5,6). The van der Waals surface area contributed by atoms with E-state index in [0.29, 0.717) is 0 Å². The molecule has 0 amide bonds. The summed E-state index contributed by atoms with van der Waals surface area (Å²) >= 11 is 0. The molecule has 0 aliphatic carbocycles. The zero-order valence-electron chi connectivity index (χ0n) is 6.03. The number of hydrogen-bond acceptors (Lipinski definition) is 5. The van der Waals surface area contributed by atoms with Crippen LogP contribution in [0.5, 0.6) is 0 Å². The normalized spacial score (nSPS) is 13.5. The molecule has 0 aliphatic rings. The van der Waals surface area contributed by atoms with Gasteiger partial charge in [0.2, 0.25) is 0 Å². The van der Waals surface area contributed by atoms with E-state index in [1.54, 1.807) is 0 Å². The fourth-order valence-electron chi connectivity index (χ4n) is 0.284. The van der Waals surface area contributed by atoms with Gasteiger partial charge in [-0.3, -0.25) is 0 Å². The van der Waals surface area contributed by atoms with Crippen LogP contribution in [-0.4, -0.2) is 24.5 Å². The molecular weight excluding hydrogens is 380 g/mol. The first kappa shape index (κ1) is 17.5. The van der Waals surface area contributed by atoms with Crippen LogP contribution in [0, 0.1) is 0 Å². The predicted molar refractivity (Wildman–Crippen MR) is 51.5 cm³/mol. The summed E-state index contributed by atoms with van der Waals surface area (Å²) in [7, 11) is -16.2. The predicted octanol–water partition coefficient (Wildman–Crippen LogP) is -0.0766. The van der Waals surface area contributed by atoms with E-state index in [-0.39, 0.29) is 24.0 Å². The fraction of sp³-hybridized carbons (Fsp3) is 0. The highest BCUT2D eigenvalue weighted by Gasteiger charge is 2.38. The van der Waals surface area contributed by atoms with E-state index in [9.17, 15) is 13.7 Å². The molecule has 0 aromatic rings. The molecule has 0 aliphatic heterocycles. The van der Waals surface area contributed by atoms with Crippen molar-refractivity contribution in [2.75, 3.05) is 0 Å². The molecule has 0 aromatic heterocycles. The minimum absolute atomic E-state index is 0. The molecule has 0 radical (unpaired) electrons. The van der Waals surface area contributed by atoms with Crippen molar-refractivity contribution in [1.29, 1.82) is 0 Å². The van der Waals surface area contributed by atoms with Gasteiger partial charge in [-0.2, -0.15) is 8.62 Å². The Morgan fingerprint density at radius 3 is 1.07 bits per heavy atom. The van der Waals surface area contributed by atoms with Crippen molar-refractivity contribution in [3.05, 3.63) is 0 Å². The number of hydrogen-bond donors (Lipinski definition) is 5. The highest BCUT2D eigenvalue weighted by molar-refractivity contribution is 14.0. The zero-order valence-corrected chi connectivity index (χ0v) is 11.0. The molecule has 0 bridgehead atoms. The van der Waals surface area contributed by atoms with Gasteiger partial charge >= 0.3 is 23.5 Å². The first-order chi connectivity index (χ1) is 5.41. The van der Waals surface area contributed by atoms with Crippen LogP contribution in [0.4, 0.5) is 0 Å². The van der Waals surface area contributed by atoms with Gasteiger partial charge in [0.1, 0.15) is 0 Å². The molecule has 0 saturated heterocycles. The van der Waals surface area contributed by atoms with Gasteiger partial charge in [0.05, 0.1) is 0 Å². The lowest BCUT2D eigenvalue weighted by atomic mass is 15.7. The molecule has 0 fully saturated rings. The van der Waals surface area contributed by atoms with Crippen LogP contribution < -0.4 is 0 Å². The van der Waals surface area contributed by atoms with Crippen LogP contribution in [0.1, 0.15) is 0 Å². The summed E-state index contributed by atoms with van der Waals surface area (Å²) in [5.74, 6) is 0. The topological polar surface area (TPSA) is 171 Å². The molecule has 0 unspecified atom stereocenters. The second-order valence-electron chi connectivity index (χ2n) is 1.61. The first-order valence-electron chi connectivity index (χ1n) is 2.28. The zero-order chi connectivity index (χ0) is 10.9. The molecule has 88 valence electrons. The summed E-state index contributed by atoms with van der Waals surface area (Å²) in [6.45, 7) is 0. The Hall–Kier alpha value is 1.14. The summed E-state index contributed by atoms with van der Waals surface area (Å²) in [5, 5.41) is 0. The Morgan fingerprint density at radius 1 is 0.714 bits per heavy atom. The molecule has 0 spiro atoms. The highest BCUT2D eigenvalue weighted by atomic mass is 127. The summed E-state index contributed by atoms with van der Waals surface area (Å²) < 4.78 is 36.4. The van der Waals surface area contributed by atoms with E-state index in [0.717, 1.165) is 0 Å². The smallest absolute Gasteiger partial charge is 0.302 e. The maximum Gasteiger partial charge on any atom is 0.490 e. The van der Waals surface area contributed by atoms with Gasteiger partial charge in [0.15, 0.2) is 0 Å². The molecule has 14 heavy (non-hydrogen) atoms. The van der Waals surface area contributed by atoms with Crippen LogP contribution in [0.3, 0.4) is 0 Å². The lowest BCUT2D eigenvalue weighted by Gasteiger charge is -2.11. The number of phosphoric acid groups is 3. The Morgan fingerprint density at radius 2 is 0.929 bits per heavy atom. The molecule has 10 nitrogen and oxygen atoms in total. The van der Waals surface area contributed by atoms with Crippen LogP contribution in [0.15, 0.2) is 0 Å². The van der Waals surface area contributed by atoms with Crippen LogP contribution in [-0.2, 0) is 22.3 Å². The van der Waals surface area contributed by atoms with E-state index in [1.807, 2.05) is 0 Å². The Balaban J connectivity index is 0. The molecular formula is H6IO10P3. The average molecular weight is 386 g/mol. The van der Waals surface area contributed by atoms with Gasteiger partial charge in [-0.25, -0.2) is 13.7 Å². The minimum Gasteiger partial charge on any atom is -0.302 e. The third kappa shape index (κ3) is 11.2. The Kier molecular flexibility index (Phi) is 6.84. The SMILES string of the molecule is I.O=P(O)(O)OP(=O)(O)OP(=O)(O)O. The third-order valence-corrected chi connectivity index (χ3v) is 3.77. The molecule has 0 rings (SSSR count). The maximum absolute atomic E-state index is 10.4. The highest BCUT2D eigenvalue weighted by Crippen LogP contribution is 2.64. The van der Waals surface area contributed by atoms with E-state index in [1.165, 1.54) is 0 Å². The van der Waals surface area contributed by atoms with Crippen LogP contribution in [0.25, 0.3) is 0 Å². The van der Waals surface area contributed by atoms with Gasteiger partial charge in [0, 0.05) is 0 Å². The summed E-state index contributed by atoms with van der Waals surface area (Å²) in [5.41, 5.74) is 0. The van der Waals surface area contributed by atoms with Gasteiger partial charge in [0.25, 0.3) is 0 Å². The van der Waals surface area contributed by atoms with E-state index >= 15 is 0 Å². The van der Waals surface area contributed by atoms with Gasteiger partial charge in [-0.15, -0.1) is 24.0 Å². The van der Waals surface area contributed by atoms with Crippen molar-refractivity contribution in [3.8, 4) is 0 Å². The van der Waals surface area contributed by atoms with E-state index in [2.05, 4.69) is 8.62 Å². The second kappa shape index (κ2) is 5.46. The molecule has 5 N–H and O–H groups in total. The van der Waals surface area contributed by atoms with Gasteiger partial charge in [-0.1, -0.05) is 0 Å². The van der Waals surface area contributed by atoms with Crippen molar-refractivity contribution in [3.63, 3.8) is 0 Å². The largest absolute Gasteiger partial charge is 0.490 e. The first-order valence-corrected chi connectivity index (χ1v) is 6.83. The lowest BCUT2D eigenvalue weighted by molar-refractivity contribution is 0.204. The summed E-state index contributed by atoms with van der Waals surface area (Å²) in [4.78, 5) is 40.2.